The van der Waals surface area contributed by atoms with E-state index in [1.807, 2.05) is 6.07 Å². The zero-order valence-electron chi connectivity index (χ0n) is 11.6. The number of hydrazine groups is 1. The lowest BCUT2D eigenvalue weighted by Gasteiger charge is -2.26. The number of benzene rings is 1. The van der Waals surface area contributed by atoms with Crippen LogP contribution in [0.3, 0.4) is 0 Å². The normalized spacial score (nSPS) is 16.5. The molecule has 0 aliphatic carbocycles. The summed E-state index contributed by atoms with van der Waals surface area (Å²) in [6.45, 7) is 4.99. The van der Waals surface area contributed by atoms with Crippen LogP contribution >= 0.6 is 0 Å². The van der Waals surface area contributed by atoms with E-state index >= 15 is 0 Å². The maximum atomic E-state index is 5.72. The number of hydrogen-bond acceptors (Lipinski definition) is 4. The minimum Gasteiger partial charge on any atom is -0.494 e. The Morgan fingerprint density at radius 1 is 1.21 bits per heavy atom. The van der Waals surface area contributed by atoms with Crippen molar-refractivity contribution >= 4 is 0 Å². The summed E-state index contributed by atoms with van der Waals surface area (Å²) < 4.78 is 5.72. The molecule has 1 aliphatic heterocycles. The molecule has 1 aliphatic rings. The molecule has 0 unspecified atom stereocenters. The first-order valence-corrected chi connectivity index (χ1v) is 7.26. The Balaban J connectivity index is 1.80. The van der Waals surface area contributed by atoms with E-state index in [9.17, 15) is 0 Å². The molecule has 4 nitrogen and oxygen atoms in total. The summed E-state index contributed by atoms with van der Waals surface area (Å²) in [4.78, 5) is 2.53. The largest absolute Gasteiger partial charge is 0.494 e. The van der Waals surface area contributed by atoms with Crippen LogP contribution in [0.4, 0.5) is 0 Å². The molecule has 0 aromatic heterocycles. The minimum atomic E-state index is 0.706. The third-order valence-electron chi connectivity index (χ3n) is 3.49. The molecule has 1 saturated heterocycles. The number of likely N-dealkylation sites (tertiary alicyclic amines) is 1. The molecule has 19 heavy (non-hydrogen) atoms. The highest BCUT2D eigenvalue weighted by Gasteiger charge is 2.10. The van der Waals surface area contributed by atoms with Gasteiger partial charge in [-0.1, -0.05) is 18.6 Å². The van der Waals surface area contributed by atoms with Crippen LogP contribution in [0.5, 0.6) is 5.75 Å². The second kappa shape index (κ2) is 8.15. The van der Waals surface area contributed by atoms with Crippen LogP contribution < -0.4 is 16.0 Å². The van der Waals surface area contributed by atoms with Gasteiger partial charge in [-0.25, -0.2) is 0 Å². The molecule has 0 amide bonds. The first-order chi connectivity index (χ1) is 9.38. The fourth-order valence-electron chi connectivity index (χ4n) is 2.47. The highest BCUT2D eigenvalue weighted by Crippen LogP contribution is 2.17. The van der Waals surface area contributed by atoms with E-state index in [1.54, 1.807) is 0 Å². The van der Waals surface area contributed by atoms with Gasteiger partial charge in [0.1, 0.15) is 5.75 Å². The van der Waals surface area contributed by atoms with Crippen molar-refractivity contribution in [2.24, 2.45) is 5.84 Å². The van der Waals surface area contributed by atoms with E-state index < -0.39 is 0 Å². The number of rotatable bonds is 7. The number of nitrogens with zero attached hydrogens (tertiary/aromatic N) is 1. The summed E-state index contributed by atoms with van der Waals surface area (Å²) in [6.07, 6.45) is 4.98. The predicted molar refractivity (Wildman–Crippen MR) is 77.9 cm³/mol. The second-order valence-electron chi connectivity index (χ2n) is 5.14. The molecule has 1 aromatic rings. The summed E-state index contributed by atoms with van der Waals surface area (Å²) in [5.41, 5.74) is 3.98. The van der Waals surface area contributed by atoms with E-state index in [-0.39, 0.29) is 0 Å². The van der Waals surface area contributed by atoms with Gasteiger partial charge in [-0.15, -0.1) is 0 Å². The van der Waals surface area contributed by atoms with Gasteiger partial charge in [0.25, 0.3) is 0 Å². The molecule has 0 bridgehead atoms. The van der Waals surface area contributed by atoms with Crippen molar-refractivity contribution in [3.8, 4) is 5.75 Å². The molecule has 0 spiro atoms. The van der Waals surface area contributed by atoms with Crippen LogP contribution in [0.25, 0.3) is 0 Å². The topological polar surface area (TPSA) is 50.5 Å². The monoisotopic (exact) mass is 263 g/mol. The van der Waals surface area contributed by atoms with Crippen LogP contribution in [0.1, 0.15) is 31.2 Å². The molecule has 0 saturated carbocycles. The standard InChI is InChI=1S/C15H25N3O/c16-17-8-5-11-19-15-7-4-6-14(12-15)13-18-9-2-1-3-10-18/h4,6-7,12,17H,1-3,5,8-11,13,16H2. The zero-order chi connectivity index (χ0) is 13.3. The van der Waals surface area contributed by atoms with Crippen LogP contribution in [0, 0.1) is 0 Å². The van der Waals surface area contributed by atoms with Crippen LogP contribution in [0.15, 0.2) is 24.3 Å². The van der Waals surface area contributed by atoms with Crippen molar-refractivity contribution in [2.45, 2.75) is 32.2 Å². The van der Waals surface area contributed by atoms with Gasteiger partial charge in [0.05, 0.1) is 6.61 Å². The first-order valence-electron chi connectivity index (χ1n) is 7.26. The number of hydrogen-bond donors (Lipinski definition) is 2. The zero-order valence-corrected chi connectivity index (χ0v) is 11.6. The minimum absolute atomic E-state index is 0.706. The lowest BCUT2D eigenvalue weighted by atomic mass is 10.1. The molecule has 106 valence electrons. The van der Waals surface area contributed by atoms with Crippen molar-refractivity contribution in [1.82, 2.24) is 10.3 Å². The fraction of sp³-hybridized carbons (Fsp3) is 0.600. The van der Waals surface area contributed by atoms with E-state index in [4.69, 9.17) is 10.6 Å². The quantitative estimate of drug-likeness (QED) is 0.448. The highest BCUT2D eigenvalue weighted by molar-refractivity contribution is 5.28. The number of nitrogens with one attached hydrogen (secondary N) is 1. The predicted octanol–water partition coefficient (Wildman–Crippen LogP) is 1.90. The van der Waals surface area contributed by atoms with Crippen molar-refractivity contribution < 1.29 is 4.74 Å². The Kier molecular flexibility index (Phi) is 6.14. The molecular formula is C15H25N3O. The Hall–Kier alpha value is -1.10. The highest BCUT2D eigenvalue weighted by atomic mass is 16.5. The average molecular weight is 263 g/mol. The van der Waals surface area contributed by atoms with Gasteiger partial charge in [0.15, 0.2) is 0 Å². The summed E-state index contributed by atoms with van der Waals surface area (Å²) in [7, 11) is 0. The van der Waals surface area contributed by atoms with Gasteiger partial charge in [-0.3, -0.25) is 16.2 Å². The summed E-state index contributed by atoms with van der Waals surface area (Å²) in [5.74, 6) is 6.19. The average Bonchev–Trinajstić information content (AvgIpc) is 2.45. The van der Waals surface area contributed by atoms with Gasteiger partial charge in [0, 0.05) is 13.1 Å². The van der Waals surface area contributed by atoms with Gasteiger partial charge >= 0.3 is 0 Å². The van der Waals surface area contributed by atoms with Crippen LogP contribution in [-0.4, -0.2) is 31.1 Å². The van der Waals surface area contributed by atoms with Crippen molar-refractivity contribution in [3.05, 3.63) is 29.8 Å². The van der Waals surface area contributed by atoms with E-state index in [1.165, 1.54) is 37.9 Å². The molecule has 3 N–H and O–H groups in total. The molecule has 0 radical (unpaired) electrons. The third kappa shape index (κ3) is 5.19. The maximum Gasteiger partial charge on any atom is 0.119 e. The van der Waals surface area contributed by atoms with E-state index in [2.05, 4.69) is 28.5 Å². The Morgan fingerprint density at radius 3 is 2.84 bits per heavy atom. The summed E-state index contributed by atoms with van der Waals surface area (Å²) in [6, 6.07) is 8.44. The van der Waals surface area contributed by atoms with E-state index in [0.717, 1.165) is 25.3 Å². The van der Waals surface area contributed by atoms with Gasteiger partial charge < -0.3 is 4.74 Å². The molecule has 1 aromatic carbocycles. The number of ether oxygens (including phenoxy) is 1. The molecule has 1 heterocycles. The lowest BCUT2D eigenvalue weighted by Crippen LogP contribution is -2.29. The van der Waals surface area contributed by atoms with E-state index in [0.29, 0.717) is 6.61 Å². The summed E-state index contributed by atoms with van der Waals surface area (Å²) >= 11 is 0. The third-order valence-corrected chi connectivity index (χ3v) is 3.49. The second-order valence-corrected chi connectivity index (χ2v) is 5.14. The number of piperidine rings is 1. The Morgan fingerprint density at radius 2 is 2.05 bits per heavy atom. The fourth-order valence-corrected chi connectivity index (χ4v) is 2.47. The van der Waals surface area contributed by atoms with Crippen molar-refractivity contribution in [1.29, 1.82) is 0 Å². The van der Waals surface area contributed by atoms with Gasteiger partial charge in [-0.05, 0) is 50.0 Å². The smallest absolute Gasteiger partial charge is 0.119 e. The SMILES string of the molecule is NNCCCOc1cccc(CN2CCCCC2)c1. The summed E-state index contributed by atoms with van der Waals surface area (Å²) in [5, 5.41) is 0. The molecule has 1 fully saturated rings. The lowest BCUT2D eigenvalue weighted by molar-refractivity contribution is 0.220. The molecule has 0 atom stereocenters. The molecule has 4 heteroatoms. The van der Waals surface area contributed by atoms with Gasteiger partial charge in [0.2, 0.25) is 0 Å². The number of nitrogens with two attached hydrogens (primary N) is 1. The van der Waals surface area contributed by atoms with Crippen molar-refractivity contribution in [3.63, 3.8) is 0 Å². The van der Waals surface area contributed by atoms with Gasteiger partial charge in [-0.2, -0.15) is 0 Å². The molecular weight excluding hydrogens is 238 g/mol. The Bertz CT molecular complexity index is 364. The van der Waals surface area contributed by atoms with Crippen LogP contribution in [-0.2, 0) is 6.54 Å². The molecule has 2 rings (SSSR count). The first kappa shape index (κ1) is 14.3. The Labute approximate surface area is 115 Å². The maximum absolute atomic E-state index is 5.72. The van der Waals surface area contributed by atoms with Crippen LogP contribution in [0.2, 0.25) is 0 Å². The van der Waals surface area contributed by atoms with Crippen molar-refractivity contribution in [2.75, 3.05) is 26.2 Å².